The monoisotopic (exact) mass is 263 g/mol. The largest absolute Gasteiger partial charge is 0.469 e. The fourth-order valence-corrected chi connectivity index (χ4v) is 2.33. The Labute approximate surface area is 109 Å². The normalized spacial score (nSPS) is 20.8. The number of carbonyl (C=O) groups excluding carboxylic acids is 2. The molecule has 6 heteroatoms. The van der Waals surface area contributed by atoms with Crippen LogP contribution in [-0.2, 0) is 14.3 Å². The van der Waals surface area contributed by atoms with Crippen LogP contribution in [0.3, 0.4) is 0 Å². The predicted octanol–water partition coefficient (Wildman–Crippen LogP) is 0.941. The third-order valence-electron chi connectivity index (χ3n) is 3.33. The van der Waals surface area contributed by atoms with Crippen LogP contribution in [0.5, 0.6) is 11.5 Å². The van der Waals surface area contributed by atoms with E-state index < -0.39 is 5.92 Å². The number of hydrogen-bond acceptors (Lipinski definition) is 5. The highest BCUT2D eigenvalue weighted by Gasteiger charge is 2.36. The third kappa shape index (κ3) is 1.99. The van der Waals surface area contributed by atoms with Crippen LogP contribution in [0.25, 0.3) is 0 Å². The van der Waals surface area contributed by atoms with Gasteiger partial charge in [0.15, 0.2) is 11.5 Å². The van der Waals surface area contributed by atoms with E-state index in [4.69, 9.17) is 9.47 Å². The summed E-state index contributed by atoms with van der Waals surface area (Å²) in [7, 11) is 1.33. The number of amides is 1. The lowest BCUT2D eigenvalue weighted by Gasteiger charge is -2.16. The first-order chi connectivity index (χ1) is 9.19. The molecule has 0 N–H and O–H groups in total. The lowest BCUT2D eigenvalue weighted by molar-refractivity contribution is -0.145. The summed E-state index contributed by atoms with van der Waals surface area (Å²) in [6, 6.07) is 5.29. The molecule has 0 spiro atoms. The molecule has 2 aliphatic rings. The first-order valence-corrected chi connectivity index (χ1v) is 5.97. The van der Waals surface area contributed by atoms with E-state index in [1.54, 1.807) is 23.1 Å². The zero-order chi connectivity index (χ0) is 13.4. The summed E-state index contributed by atoms with van der Waals surface area (Å²) in [5.41, 5.74) is 0.709. The van der Waals surface area contributed by atoms with Gasteiger partial charge >= 0.3 is 5.97 Å². The molecular weight excluding hydrogens is 250 g/mol. The number of fused-ring (bicyclic) bond motifs is 1. The fraction of sp³-hybridized carbons (Fsp3) is 0.385. The molecule has 1 fully saturated rings. The van der Waals surface area contributed by atoms with E-state index in [9.17, 15) is 9.59 Å². The molecule has 1 atom stereocenters. The number of methoxy groups -OCH3 is 1. The molecule has 2 aliphatic heterocycles. The van der Waals surface area contributed by atoms with Crippen molar-refractivity contribution in [3.63, 3.8) is 0 Å². The molecule has 19 heavy (non-hydrogen) atoms. The first kappa shape index (κ1) is 11.8. The first-order valence-electron chi connectivity index (χ1n) is 5.97. The van der Waals surface area contributed by atoms with Crippen LogP contribution in [0.1, 0.15) is 6.42 Å². The lowest BCUT2D eigenvalue weighted by atomic mass is 10.1. The second-order valence-electron chi connectivity index (χ2n) is 4.47. The predicted molar refractivity (Wildman–Crippen MR) is 65.0 cm³/mol. The minimum atomic E-state index is -0.400. The minimum Gasteiger partial charge on any atom is -0.469 e. The summed E-state index contributed by atoms with van der Waals surface area (Å²) in [4.78, 5) is 25.0. The van der Waals surface area contributed by atoms with Crippen molar-refractivity contribution in [1.82, 2.24) is 0 Å². The molecule has 0 saturated carbocycles. The summed E-state index contributed by atoms with van der Waals surface area (Å²) in [6.45, 7) is 0.530. The number of benzene rings is 1. The van der Waals surface area contributed by atoms with Crippen molar-refractivity contribution in [3.8, 4) is 11.5 Å². The maximum Gasteiger partial charge on any atom is 0.311 e. The van der Waals surface area contributed by atoms with Gasteiger partial charge in [0, 0.05) is 24.7 Å². The number of nitrogens with zero attached hydrogens (tertiary/aromatic N) is 1. The molecular formula is C13H13NO5. The number of hydrogen-bond donors (Lipinski definition) is 0. The lowest BCUT2D eigenvalue weighted by Crippen LogP contribution is -2.26. The molecule has 3 rings (SSSR count). The van der Waals surface area contributed by atoms with Crippen LogP contribution in [0, 0.1) is 5.92 Å². The summed E-state index contributed by atoms with van der Waals surface area (Å²) in [6.07, 6.45) is 0.182. The van der Waals surface area contributed by atoms with Crippen molar-refractivity contribution in [1.29, 1.82) is 0 Å². The Morgan fingerprint density at radius 3 is 2.95 bits per heavy atom. The Morgan fingerprint density at radius 1 is 1.37 bits per heavy atom. The van der Waals surface area contributed by atoms with Crippen molar-refractivity contribution in [2.24, 2.45) is 5.92 Å². The zero-order valence-corrected chi connectivity index (χ0v) is 10.4. The van der Waals surface area contributed by atoms with Crippen LogP contribution >= 0.6 is 0 Å². The van der Waals surface area contributed by atoms with E-state index in [1.165, 1.54) is 7.11 Å². The van der Waals surface area contributed by atoms with Gasteiger partial charge in [-0.05, 0) is 12.1 Å². The van der Waals surface area contributed by atoms with Gasteiger partial charge in [-0.1, -0.05) is 0 Å². The van der Waals surface area contributed by atoms with Gasteiger partial charge in [-0.15, -0.1) is 0 Å². The van der Waals surface area contributed by atoms with E-state index in [1.807, 2.05) is 0 Å². The number of anilines is 1. The van der Waals surface area contributed by atoms with Gasteiger partial charge in [-0.2, -0.15) is 0 Å². The number of esters is 1. The quantitative estimate of drug-likeness (QED) is 0.743. The van der Waals surface area contributed by atoms with Crippen LogP contribution in [0.15, 0.2) is 18.2 Å². The third-order valence-corrected chi connectivity index (χ3v) is 3.33. The maximum absolute atomic E-state index is 12.0. The smallest absolute Gasteiger partial charge is 0.311 e. The summed E-state index contributed by atoms with van der Waals surface area (Å²) >= 11 is 0. The van der Waals surface area contributed by atoms with Gasteiger partial charge in [-0.3, -0.25) is 9.59 Å². The van der Waals surface area contributed by atoms with Crippen LogP contribution < -0.4 is 14.4 Å². The molecule has 1 aromatic rings. The molecule has 6 nitrogen and oxygen atoms in total. The topological polar surface area (TPSA) is 65.1 Å². The molecule has 2 heterocycles. The Hall–Kier alpha value is -2.24. The average molecular weight is 263 g/mol. The van der Waals surface area contributed by atoms with E-state index in [-0.39, 0.29) is 25.1 Å². The highest BCUT2D eigenvalue weighted by atomic mass is 16.7. The molecule has 0 aromatic heterocycles. The Balaban J connectivity index is 1.83. The standard InChI is InChI=1S/C13H13NO5/c1-17-13(16)8-4-12(15)14(6-8)9-2-3-10-11(5-9)19-7-18-10/h2-3,5,8H,4,6-7H2,1H3/t8-/m1/s1. The van der Waals surface area contributed by atoms with Crippen molar-refractivity contribution < 1.29 is 23.8 Å². The number of ether oxygens (including phenoxy) is 3. The molecule has 1 saturated heterocycles. The highest BCUT2D eigenvalue weighted by molar-refractivity contribution is 5.99. The molecule has 0 bridgehead atoms. The van der Waals surface area contributed by atoms with Crippen LogP contribution in [-0.4, -0.2) is 32.3 Å². The number of carbonyl (C=O) groups is 2. The van der Waals surface area contributed by atoms with Gasteiger partial charge < -0.3 is 19.1 Å². The van der Waals surface area contributed by atoms with E-state index >= 15 is 0 Å². The zero-order valence-electron chi connectivity index (χ0n) is 10.4. The minimum absolute atomic E-state index is 0.0886. The molecule has 0 unspecified atom stereocenters. The molecule has 1 aromatic carbocycles. The van der Waals surface area contributed by atoms with Gasteiger partial charge in [0.05, 0.1) is 13.0 Å². The highest BCUT2D eigenvalue weighted by Crippen LogP contribution is 2.37. The van der Waals surface area contributed by atoms with Gasteiger partial charge in [0.1, 0.15) is 0 Å². The van der Waals surface area contributed by atoms with E-state index in [0.717, 1.165) is 0 Å². The van der Waals surface area contributed by atoms with Crippen molar-refractivity contribution in [2.75, 3.05) is 25.3 Å². The molecule has 0 aliphatic carbocycles. The van der Waals surface area contributed by atoms with Gasteiger partial charge in [0.25, 0.3) is 0 Å². The van der Waals surface area contributed by atoms with Crippen molar-refractivity contribution in [2.45, 2.75) is 6.42 Å². The fourth-order valence-electron chi connectivity index (χ4n) is 2.33. The average Bonchev–Trinajstić information content (AvgIpc) is 3.03. The Kier molecular flexibility index (Phi) is 2.77. The molecule has 1 amide bonds. The second kappa shape index (κ2) is 4.46. The van der Waals surface area contributed by atoms with Gasteiger partial charge in [0.2, 0.25) is 12.7 Å². The maximum atomic E-state index is 12.0. The SMILES string of the molecule is COC(=O)[C@@H]1CC(=O)N(c2ccc3c(c2)OCO3)C1. The Bertz CT molecular complexity index is 542. The van der Waals surface area contributed by atoms with Crippen LogP contribution in [0.4, 0.5) is 5.69 Å². The van der Waals surface area contributed by atoms with Crippen molar-refractivity contribution in [3.05, 3.63) is 18.2 Å². The molecule has 100 valence electrons. The number of rotatable bonds is 2. The van der Waals surface area contributed by atoms with E-state index in [0.29, 0.717) is 23.7 Å². The second-order valence-corrected chi connectivity index (χ2v) is 4.47. The summed E-state index contributed by atoms with van der Waals surface area (Å²) in [5.74, 6) is 0.445. The van der Waals surface area contributed by atoms with Crippen molar-refractivity contribution >= 4 is 17.6 Å². The summed E-state index contributed by atoms with van der Waals surface area (Å²) in [5, 5.41) is 0. The van der Waals surface area contributed by atoms with Gasteiger partial charge in [-0.25, -0.2) is 0 Å². The summed E-state index contributed by atoms with van der Waals surface area (Å²) < 4.78 is 15.2. The van der Waals surface area contributed by atoms with Crippen LogP contribution in [0.2, 0.25) is 0 Å². The van der Waals surface area contributed by atoms with E-state index in [2.05, 4.69) is 4.74 Å². The molecule has 0 radical (unpaired) electrons. The Morgan fingerprint density at radius 2 is 2.16 bits per heavy atom.